The van der Waals surface area contributed by atoms with Gasteiger partial charge in [-0.2, -0.15) is 4.89 Å². The number of hydrogen-bond donors (Lipinski definition) is 1. The Hall–Kier alpha value is -2.00. The minimum Gasteiger partial charge on any atom is -0.272 e. The Labute approximate surface area is 260 Å². The molecule has 1 heterocycles. The summed E-state index contributed by atoms with van der Waals surface area (Å²) >= 11 is 1.68. The Balaban J connectivity index is 2.24. The van der Waals surface area contributed by atoms with Crippen LogP contribution in [0.4, 0.5) is 0 Å². The van der Waals surface area contributed by atoms with Gasteiger partial charge in [0, 0.05) is 22.3 Å². The Morgan fingerprint density at radius 1 is 0.500 bits per heavy atom. The monoisotopic (exact) mass is 607 g/mol. The molecule has 0 unspecified atom stereocenters. The van der Waals surface area contributed by atoms with Gasteiger partial charge in [0.2, 0.25) is 16.8 Å². The second kappa shape index (κ2) is 10.6. The van der Waals surface area contributed by atoms with Gasteiger partial charge >= 0.3 is 7.94 Å². The lowest BCUT2D eigenvalue weighted by Crippen LogP contribution is -2.37. The van der Waals surface area contributed by atoms with E-state index < -0.39 is 7.94 Å². The van der Waals surface area contributed by atoms with E-state index in [4.69, 9.17) is 9.05 Å². The van der Waals surface area contributed by atoms with Gasteiger partial charge < -0.3 is 0 Å². The maximum atomic E-state index is 13.3. The average molecular weight is 608 g/mol. The predicted molar refractivity (Wildman–Crippen MR) is 182 cm³/mol. The summed E-state index contributed by atoms with van der Waals surface area (Å²) in [7, 11) is -3.78. The molecule has 3 aromatic rings. The van der Waals surface area contributed by atoms with Crippen LogP contribution in [0, 0.1) is 20.8 Å². The Morgan fingerprint density at radius 3 is 1.10 bits per heavy atom. The van der Waals surface area contributed by atoms with Crippen molar-refractivity contribution in [3.8, 4) is 11.5 Å². The molecule has 0 bridgehead atoms. The van der Waals surface area contributed by atoms with Gasteiger partial charge in [0.1, 0.15) is 0 Å². The third-order valence-electron chi connectivity index (χ3n) is 7.82. The highest BCUT2D eigenvalue weighted by Gasteiger charge is 2.56. The Kier molecular flexibility index (Phi) is 8.28. The number of benzene rings is 3. The topological polar surface area (TPSA) is 38.7 Å². The van der Waals surface area contributed by atoms with Crippen molar-refractivity contribution in [3.05, 3.63) is 75.3 Å². The SMILES string of the molecule is Cc1cc2c(c(C(C)(C)C)c1)O[P+](O)(c1c(C(C)(C)C)cc(C)cc1C(C)(C)C)Oc1c(cc(C)cc1C(C)(C)C)S2. The largest absolute Gasteiger partial charge is 0.533 e. The zero-order valence-electron chi connectivity index (χ0n) is 28.6. The average Bonchev–Trinajstić information content (AvgIpc) is 2.78. The molecular weight excluding hydrogens is 555 g/mol. The normalized spacial score (nSPS) is 15.6. The van der Waals surface area contributed by atoms with Gasteiger partial charge in [0.05, 0.1) is 9.79 Å². The van der Waals surface area contributed by atoms with Crippen LogP contribution in [0.3, 0.4) is 0 Å². The van der Waals surface area contributed by atoms with Gasteiger partial charge in [0.15, 0.2) is 0 Å². The molecule has 0 fully saturated rings. The third kappa shape index (κ3) is 6.42. The van der Waals surface area contributed by atoms with E-state index in [0.717, 1.165) is 48.8 Å². The first kappa shape index (κ1) is 32.9. The van der Waals surface area contributed by atoms with E-state index in [1.807, 2.05) is 0 Å². The van der Waals surface area contributed by atoms with Crippen molar-refractivity contribution >= 4 is 25.0 Å². The number of aryl methyl sites for hydroxylation is 3. The fourth-order valence-electron chi connectivity index (χ4n) is 5.64. The lowest BCUT2D eigenvalue weighted by molar-refractivity contribution is 0.342. The molecule has 1 aliphatic heterocycles. The second-order valence-corrected chi connectivity index (χ2v) is 19.2. The lowest BCUT2D eigenvalue weighted by Gasteiger charge is -2.35. The van der Waals surface area contributed by atoms with Crippen molar-refractivity contribution in [1.29, 1.82) is 0 Å². The minimum atomic E-state index is -3.78. The minimum absolute atomic E-state index is 0.209. The number of fused-ring (bicyclic) bond motifs is 2. The molecule has 5 heteroatoms. The van der Waals surface area contributed by atoms with E-state index in [2.05, 4.69) is 140 Å². The molecule has 0 saturated carbocycles. The van der Waals surface area contributed by atoms with Gasteiger partial charge in [0.25, 0.3) is 0 Å². The van der Waals surface area contributed by atoms with E-state index in [9.17, 15) is 4.89 Å². The first-order valence-corrected chi connectivity index (χ1v) is 17.5. The predicted octanol–water partition coefficient (Wildman–Crippen LogP) is 10.8. The molecule has 0 atom stereocenters. The first-order chi connectivity index (χ1) is 18.9. The van der Waals surface area contributed by atoms with Crippen molar-refractivity contribution in [1.82, 2.24) is 0 Å². The summed E-state index contributed by atoms with van der Waals surface area (Å²) in [6, 6.07) is 13.2. The highest BCUT2D eigenvalue weighted by molar-refractivity contribution is 7.99. The number of rotatable bonds is 1. The molecule has 42 heavy (non-hydrogen) atoms. The van der Waals surface area contributed by atoms with Crippen LogP contribution >= 0.6 is 19.7 Å². The van der Waals surface area contributed by atoms with Crippen LogP contribution in [-0.4, -0.2) is 4.89 Å². The second-order valence-electron chi connectivity index (χ2n) is 16.3. The molecule has 0 spiro atoms. The molecule has 1 aliphatic rings. The van der Waals surface area contributed by atoms with Crippen LogP contribution in [0.1, 0.15) is 122 Å². The fourth-order valence-corrected chi connectivity index (χ4v) is 9.49. The van der Waals surface area contributed by atoms with Crippen LogP contribution in [-0.2, 0) is 21.7 Å². The van der Waals surface area contributed by atoms with Crippen molar-refractivity contribution in [2.75, 3.05) is 0 Å². The molecule has 228 valence electrons. The van der Waals surface area contributed by atoms with Crippen molar-refractivity contribution in [2.45, 2.75) is 135 Å². The molecule has 3 nitrogen and oxygen atoms in total. The lowest BCUT2D eigenvalue weighted by atomic mass is 9.79. The van der Waals surface area contributed by atoms with E-state index >= 15 is 0 Å². The van der Waals surface area contributed by atoms with Crippen LogP contribution in [0.5, 0.6) is 11.5 Å². The molecule has 0 aliphatic carbocycles. The van der Waals surface area contributed by atoms with Crippen molar-refractivity contribution < 1.29 is 13.9 Å². The van der Waals surface area contributed by atoms with Crippen molar-refractivity contribution in [2.24, 2.45) is 0 Å². The van der Waals surface area contributed by atoms with E-state index in [-0.39, 0.29) is 21.7 Å². The van der Waals surface area contributed by atoms with Gasteiger partial charge in [-0.25, -0.2) is 0 Å². The fraction of sp³-hybridized carbons (Fsp3) is 0.514. The van der Waals surface area contributed by atoms with Crippen LogP contribution in [0.15, 0.2) is 46.2 Å². The van der Waals surface area contributed by atoms with Crippen LogP contribution < -0.4 is 14.4 Å². The molecule has 0 saturated heterocycles. The molecule has 3 aromatic carbocycles. The molecule has 0 amide bonds. The Morgan fingerprint density at radius 2 is 0.786 bits per heavy atom. The maximum absolute atomic E-state index is 13.3. The molecule has 4 rings (SSSR count). The first-order valence-electron chi connectivity index (χ1n) is 15.1. The summed E-state index contributed by atoms with van der Waals surface area (Å²) in [5.74, 6) is 1.44. The molecule has 1 N–H and O–H groups in total. The van der Waals surface area contributed by atoms with E-state index in [1.54, 1.807) is 11.8 Å². The summed E-state index contributed by atoms with van der Waals surface area (Å²) in [6.07, 6.45) is 0. The quantitative estimate of drug-likeness (QED) is 0.279. The van der Waals surface area contributed by atoms with Gasteiger partial charge in [-0.3, -0.25) is 9.05 Å². The molecular formula is C37H52O3PS+. The Bertz CT molecular complexity index is 1420. The smallest absolute Gasteiger partial charge is 0.272 e. The zero-order valence-corrected chi connectivity index (χ0v) is 30.3. The zero-order chi connectivity index (χ0) is 31.8. The van der Waals surface area contributed by atoms with Crippen LogP contribution in [0.2, 0.25) is 0 Å². The standard InChI is InChI=1S/C37H52O3PS/c1-22-18-27(36(10,11)12)33(28(19-22)37(13,14)15)41(38)39-31-25(34(4,5)6)16-23(2)20-29(31)42-30-21-24(3)17-26(32(30)40-41)35(7,8)9/h16-21,38H,1-15H3/q+1. The molecule has 0 radical (unpaired) electrons. The summed E-state index contributed by atoms with van der Waals surface area (Å²) in [5.41, 5.74) is 6.84. The third-order valence-corrected chi connectivity index (χ3v) is 10.8. The molecule has 0 aromatic heterocycles. The van der Waals surface area contributed by atoms with Gasteiger partial charge in [-0.1, -0.05) is 125 Å². The highest BCUT2D eigenvalue weighted by Crippen LogP contribution is 2.65. The van der Waals surface area contributed by atoms with Crippen molar-refractivity contribution in [3.63, 3.8) is 0 Å². The summed E-state index contributed by atoms with van der Waals surface area (Å²) in [4.78, 5) is 15.3. The van der Waals surface area contributed by atoms with E-state index in [1.165, 1.54) is 16.7 Å². The number of hydrogen-bond acceptors (Lipinski definition) is 4. The summed E-state index contributed by atoms with van der Waals surface area (Å²) in [5, 5.41) is 0.803. The highest BCUT2D eigenvalue weighted by atomic mass is 32.2. The van der Waals surface area contributed by atoms with E-state index in [0.29, 0.717) is 0 Å². The summed E-state index contributed by atoms with van der Waals surface area (Å²) in [6.45, 7) is 32.9. The maximum Gasteiger partial charge on any atom is 0.533 e. The summed E-state index contributed by atoms with van der Waals surface area (Å²) < 4.78 is 14.2. The van der Waals surface area contributed by atoms with Gasteiger partial charge in [-0.05, 0) is 65.7 Å². The van der Waals surface area contributed by atoms with Crippen LogP contribution in [0.25, 0.3) is 0 Å². The van der Waals surface area contributed by atoms with Gasteiger partial charge in [-0.15, -0.1) is 0 Å².